The van der Waals surface area contributed by atoms with Gasteiger partial charge in [0.2, 0.25) is 0 Å². The van der Waals surface area contributed by atoms with Crippen molar-refractivity contribution in [3.05, 3.63) is 35.6 Å². The van der Waals surface area contributed by atoms with Crippen LogP contribution in [0.4, 0.5) is 4.39 Å². The van der Waals surface area contributed by atoms with E-state index in [0.29, 0.717) is 12.3 Å². The van der Waals surface area contributed by atoms with E-state index in [4.69, 9.17) is 0 Å². The summed E-state index contributed by atoms with van der Waals surface area (Å²) in [6.07, 6.45) is 3.96. The van der Waals surface area contributed by atoms with Gasteiger partial charge in [-0.05, 0) is 43.4 Å². The molecular formula is C17H22FNO. The van der Waals surface area contributed by atoms with Gasteiger partial charge in [0.15, 0.2) is 0 Å². The smallest absolute Gasteiger partial charge is 0.123 e. The molecule has 1 aromatic carbocycles. The summed E-state index contributed by atoms with van der Waals surface area (Å²) in [6, 6.07) is 8.55. The second-order valence-corrected chi connectivity index (χ2v) is 6.47. The molecule has 1 aliphatic rings. The first-order valence-electron chi connectivity index (χ1n) is 7.27. The van der Waals surface area contributed by atoms with Gasteiger partial charge in [0.25, 0.3) is 0 Å². The highest BCUT2D eigenvalue weighted by Crippen LogP contribution is 2.47. The molecule has 0 radical (unpaired) electrons. The predicted octanol–water partition coefficient (Wildman–Crippen LogP) is 3.84. The molecule has 1 saturated carbocycles. The van der Waals surface area contributed by atoms with E-state index in [0.717, 1.165) is 31.2 Å². The van der Waals surface area contributed by atoms with Crippen molar-refractivity contribution in [1.82, 2.24) is 0 Å². The number of rotatable bonds is 3. The number of aliphatic hydroxyl groups is 1. The number of hydrogen-bond donors (Lipinski definition) is 1. The van der Waals surface area contributed by atoms with Gasteiger partial charge in [-0.2, -0.15) is 5.26 Å². The minimum atomic E-state index is -1.09. The molecule has 1 aromatic rings. The number of benzene rings is 1. The molecule has 0 saturated heterocycles. The predicted molar refractivity (Wildman–Crippen MR) is 76.4 cm³/mol. The van der Waals surface area contributed by atoms with Crippen molar-refractivity contribution in [2.24, 2.45) is 11.3 Å². The third-order valence-electron chi connectivity index (χ3n) is 4.70. The van der Waals surface area contributed by atoms with E-state index in [1.807, 2.05) is 0 Å². The Morgan fingerprint density at radius 1 is 1.45 bits per heavy atom. The molecule has 108 valence electrons. The zero-order valence-electron chi connectivity index (χ0n) is 12.2. The zero-order valence-corrected chi connectivity index (χ0v) is 12.2. The summed E-state index contributed by atoms with van der Waals surface area (Å²) in [6.45, 7) is 3.89. The van der Waals surface area contributed by atoms with Crippen LogP contribution >= 0.6 is 0 Å². The highest BCUT2D eigenvalue weighted by atomic mass is 19.1. The molecule has 1 fully saturated rings. The molecule has 1 aliphatic carbocycles. The first-order valence-corrected chi connectivity index (χ1v) is 7.27. The van der Waals surface area contributed by atoms with Crippen LogP contribution in [0.5, 0.6) is 0 Å². The number of nitrogens with zero attached hydrogens (tertiary/aromatic N) is 1. The van der Waals surface area contributed by atoms with Gasteiger partial charge < -0.3 is 5.11 Å². The Hall–Kier alpha value is -1.40. The monoisotopic (exact) mass is 275 g/mol. The van der Waals surface area contributed by atoms with Crippen LogP contribution in [0.25, 0.3) is 0 Å². The molecule has 2 nitrogen and oxygen atoms in total. The second-order valence-electron chi connectivity index (χ2n) is 6.47. The zero-order chi connectivity index (χ0) is 14.8. The summed E-state index contributed by atoms with van der Waals surface area (Å²) in [5.41, 5.74) is -0.919. The average molecular weight is 275 g/mol. The fraction of sp³-hybridized carbons (Fsp3) is 0.588. The van der Waals surface area contributed by atoms with Gasteiger partial charge in [-0.25, -0.2) is 4.39 Å². The summed E-state index contributed by atoms with van der Waals surface area (Å²) in [5.74, 6) is 0.178. The first kappa shape index (κ1) is 15.0. The second kappa shape index (κ2) is 5.54. The van der Waals surface area contributed by atoms with Crippen molar-refractivity contribution in [2.75, 3.05) is 0 Å². The van der Waals surface area contributed by atoms with Crippen LogP contribution in [0.3, 0.4) is 0 Å². The Morgan fingerprint density at radius 3 is 2.65 bits per heavy atom. The fourth-order valence-electron chi connectivity index (χ4n) is 3.43. The van der Waals surface area contributed by atoms with Crippen LogP contribution in [0.1, 0.15) is 45.1 Å². The standard InChI is InChI=1S/C17H22FNO/c1-13-4-3-9-17(10-13,12-19)16(2,20)11-14-5-7-15(18)8-6-14/h5-8,13,20H,3-4,9-11H2,1-2H3. The van der Waals surface area contributed by atoms with Crippen LogP contribution in [-0.2, 0) is 6.42 Å². The Morgan fingerprint density at radius 2 is 2.10 bits per heavy atom. The lowest BCUT2D eigenvalue weighted by atomic mass is 9.61. The van der Waals surface area contributed by atoms with E-state index in [2.05, 4.69) is 13.0 Å². The third kappa shape index (κ3) is 2.86. The number of hydrogen-bond acceptors (Lipinski definition) is 2. The summed E-state index contributed by atoms with van der Waals surface area (Å²) >= 11 is 0. The van der Waals surface area contributed by atoms with E-state index < -0.39 is 11.0 Å². The molecule has 0 heterocycles. The molecule has 3 atom stereocenters. The first-order chi connectivity index (χ1) is 9.38. The maximum Gasteiger partial charge on any atom is 0.123 e. The Kier molecular flexibility index (Phi) is 4.15. The van der Waals surface area contributed by atoms with Gasteiger partial charge >= 0.3 is 0 Å². The number of nitriles is 1. The lowest BCUT2D eigenvalue weighted by molar-refractivity contribution is -0.0655. The van der Waals surface area contributed by atoms with Gasteiger partial charge in [-0.3, -0.25) is 0 Å². The van der Waals surface area contributed by atoms with Crippen molar-refractivity contribution < 1.29 is 9.50 Å². The Balaban J connectivity index is 2.23. The van der Waals surface area contributed by atoms with E-state index in [9.17, 15) is 14.8 Å². The average Bonchev–Trinajstić information content (AvgIpc) is 2.41. The minimum Gasteiger partial charge on any atom is -0.388 e. The van der Waals surface area contributed by atoms with Crippen molar-refractivity contribution in [3.63, 3.8) is 0 Å². The molecule has 0 amide bonds. The lowest BCUT2D eigenvalue weighted by Crippen LogP contribution is -2.49. The molecule has 20 heavy (non-hydrogen) atoms. The third-order valence-corrected chi connectivity index (χ3v) is 4.70. The van der Waals surface area contributed by atoms with E-state index >= 15 is 0 Å². The van der Waals surface area contributed by atoms with Crippen LogP contribution in [0.2, 0.25) is 0 Å². The normalized spacial score (nSPS) is 29.4. The van der Waals surface area contributed by atoms with Crippen LogP contribution in [0.15, 0.2) is 24.3 Å². The molecule has 0 aliphatic heterocycles. The van der Waals surface area contributed by atoms with Gasteiger partial charge in [-0.15, -0.1) is 0 Å². The van der Waals surface area contributed by atoms with E-state index in [-0.39, 0.29) is 5.82 Å². The highest BCUT2D eigenvalue weighted by molar-refractivity contribution is 5.22. The molecule has 0 bridgehead atoms. The Labute approximate surface area is 120 Å². The van der Waals surface area contributed by atoms with Gasteiger partial charge in [0.1, 0.15) is 5.82 Å². The Bertz CT molecular complexity index is 503. The fourth-order valence-corrected chi connectivity index (χ4v) is 3.43. The van der Waals surface area contributed by atoms with Crippen LogP contribution in [0, 0.1) is 28.5 Å². The highest BCUT2D eigenvalue weighted by Gasteiger charge is 2.49. The van der Waals surface area contributed by atoms with Gasteiger partial charge in [0, 0.05) is 6.42 Å². The maximum absolute atomic E-state index is 13.0. The minimum absolute atomic E-state index is 0.283. The van der Waals surface area contributed by atoms with Crippen molar-refractivity contribution >= 4 is 0 Å². The quantitative estimate of drug-likeness (QED) is 0.910. The molecule has 3 heteroatoms. The molecular weight excluding hydrogens is 253 g/mol. The van der Waals surface area contributed by atoms with E-state index in [1.54, 1.807) is 19.1 Å². The topological polar surface area (TPSA) is 44.0 Å². The molecule has 1 N–H and O–H groups in total. The van der Waals surface area contributed by atoms with E-state index in [1.165, 1.54) is 12.1 Å². The van der Waals surface area contributed by atoms with Gasteiger partial charge in [0.05, 0.1) is 17.1 Å². The summed E-state index contributed by atoms with van der Waals surface area (Å²) in [4.78, 5) is 0. The summed E-state index contributed by atoms with van der Waals surface area (Å²) < 4.78 is 13.0. The van der Waals surface area contributed by atoms with Gasteiger partial charge in [-0.1, -0.05) is 31.9 Å². The molecule has 2 rings (SSSR count). The molecule has 0 aromatic heterocycles. The maximum atomic E-state index is 13.0. The largest absolute Gasteiger partial charge is 0.388 e. The molecule has 3 unspecified atom stereocenters. The van der Waals surface area contributed by atoms with Crippen molar-refractivity contribution in [2.45, 2.75) is 51.6 Å². The van der Waals surface area contributed by atoms with Crippen LogP contribution in [-0.4, -0.2) is 10.7 Å². The SMILES string of the molecule is CC1CCCC(C#N)(C(C)(O)Cc2ccc(F)cc2)C1. The molecule has 0 spiro atoms. The van der Waals surface area contributed by atoms with Crippen LogP contribution < -0.4 is 0 Å². The summed E-state index contributed by atoms with van der Waals surface area (Å²) in [7, 11) is 0. The summed E-state index contributed by atoms with van der Waals surface area (Å²) in [5, 5.41) is 20.6. The van der Waals surface area contributed by atoms with Crippen molar-refractivity contribution in [1.29, 1.82) is 5.26 Å². The lowest BCUT2D eigenvalue weighted by Gasteiger charge is -2.45. The van der Waals surface area contributed by atoms with Crippen molar-refractivity contribution in [3.8, 4) is 6.07 Å². The number of halogens is 1.